The largest absolute Gasteiger partial charge is 0.0848 e. The second-order valence-corrected chi connectivity index (χ2v) is 3.11. The van der Waals surface area contributed by atoms with E-state index in [-0.39, 0.29) is 0 Å². The van der Waals surface area contributed by atoms with Crippen LogP contribution in [-0.4, -0.2) is 0 Å². The highest BCUT2D eigenvalue weighted by molar-refractivity contribution is 5.01. The maximum atomic E-state index is 2.27. The van der Waals surface area contributed by atoms with E-state index < -0.39 is 0 Å². The van der Waals surface area contributed by atoms with E-state index in [1.807, 2.05) is 0 Å². The minimum Gasteiger partial charge on any atom is -0.0848 e. The lowest BCUT2D eigenvalue weighted by Gasteiger charge is -1.92. The van der Waals surface area contributed by atoms with Gasteiger partial charge in [-0.2, -0.15) is 0 Å². The van der Waals surface area contributed by atoms with Crippen LogP contribution in [0.15, 0.2) is 24.3 Å². The van der Waals surface area contributed by atoms with E-state index in [1.54, 1.807) is 0 Å². The second-order valence-electron chi connectivity index (χ2n) is 3.11. The smallest absolute Gasteiger partial charge is 0.0348 e. The lowest BCUT2D eigenvalue weighted by molar-refractivity contribution is 0.674. The van der Waals surface area contributed by atoms with Crippen molar-refractivity contribution in [2.75, 3.05) is 0 Å². The highest BCUT2D eigenvalue weighted by atomic mass is 13.9. The van der Waals surface area contributed by atoms with Gasteiger partial charge in [0.05, 0.1) is 0 Å². The van der Waals surface area contributed by atoms with Crippen LogP contribution >= 0.6 is 0 Å². The monoisotopic (exact) mass is 166 g/mol. The molecule has 0 aromatic carbocycles. The van der Waals surface area contributed by atoms with Crippen molar-refractivity contribution < 1.29 is 0 Å². The molecule has 70 valence electrons. The summed E-state index contributed by atoms with van der Waals surface area (Å²) >= 11 is 0. The lowest BCUT2D eigenvalue weighted by Crippen LogP contribution is -1.72. The number of hydrogen-bond donors (Lipinski definition) is 0. The number of rotatable bonds is 7. The Morgan fingerprint density at radius 2 is 1.58 bits per heavy atom. The van der Waals surface area contributed by atoms with Gasteiger partial charge < -0.3 is 0 Å². The third kappa shape index (κ3) is 9.48. The topological polar surface area (TPSA) is 0 Å². The van der Waals surface area contributed by atoms with Crippen molar-refractivity contribution in [3.8, 4) is 0 Å². The molecule has 0 aromatic heterocycles. The molecule has 0 saturated heterocycles. The maximum Gasteiger partial charge on any atom is -0.0348 e. The Balaban J connectivity index is 3.07. The summed E-state index contributed by atoms with van der Waals surface area (Å²) in [6, 6.07) is 0. The van der Waals surface area contributed by atoms with Crippen molar-refractivity contribution in [2.24, 2.45) is 0 Å². The summed E-state index contributed by atoms with van der Waals surface area (Å²) in [5.41, 5.74) is 0. The summed E-state index contributed by atoms with van der Waals surface area (Å²) in [5, 5.41) is 0. The zero-order chi connectivity index (χ0) is 9.07. The van der Waals surface area contributed by atoms with Crippen molar-refractivity contribution in [2.45, 2.75) is 52.4 Å². The van der Waals surface area contributed by atoms with Crippen molar-refractivity contribution in [3.63, 3.8) is 0 Å². The first-order chi connectivity index (χ1) is 5.91. The molecule has 0 atom stereocenters. The van der Waals surface area contributed by atoms with Crippen molar-refractivity contribution in [1.29, 1.82) is 0 Å². The lowest BCUT2D eigenvalue weighted by atomic mass is 10.1. The molecule has 0 bridgehead atoms. The molecule has 0 amide bonds. The molecule has 0 fully saturated rings. The molecule has 0 rings (SSSR count). The van der Waals surface area contributed by atoms with Gasteiger partial charge in [0.15, 0.2) is 0 Å². The molecular weight excluding hydrogens is 144 g/mol. The van der Waals surface area contributed by atoms with Gasteiger partial charge in [0.25, 0.3) is 0 Å². The van der Waals surface area contributed by atoms with Crippen LogP contribution in [0.25, 0.3) is 0 Å². The number of allylic oxidation sites excluding steroid dienone is 4. The molecule has 0 aliphatic carbocycles. The maximum absolute atomic E-state index is 2.27. The Hall–Kier alpha value is -0.520. The zero-order valence-corrected chi connectivity index (χ0v) is 8.55. The van der Waals surface area contributed by atoms with Gasteiger partial charge in [-0.25, -0.2) is 0 Å². The molecule has 0 aliphatic heterocycles. The first-order valence-corrected chi connectivity index (χ1v) is 5.23. The first kappa shape index (κ1) is 11.5. The molecule has 0 unspecified atom stereocenters. The Morgan fingerprint density at radius 1 is 0.833 bits per heavy atom. The SMILES string of the molecule is CCC=CC=CCCCCCC. The van der Waals surface area contributed by atoms with Gasteiger partial charge in [0.2, 0.25) is 0 Å². The molecule has 0 heterocycles. The quantitative estimate of drug-likeness (QED) is 0.386. The van der Waals surface area contributed by atoms with Crippen molar-refractivity contribution in [1.82, 2.24) is 0 Å². The van der Waals surface area contributed by atoms with E-state index in [4.69, 9.17) is 0 Å². The predicted octanol–water partition coefficient (Wildman–Crippen LogP) is 4.48. The van der Waals surface area contributed by atoms with E-state index in [9.17, 15) is 0 Å². The summed E-state index contributed by atoms with van der Waals surface area (Å²) in [6.07, 6.45) is 16.6. The van der Waals surface area contributed by atoms with Crippen LogP contribution in [0, 0.1) is 0 Å². The molecule has 0 saturated carbocycles. The summed E-state index contributed by atoms with van der Waals surface area (Å²) < 4.78 is 0. The molecule has 12 heavy (non-hydrogen) atoms. The average molecular weight is 166 g/mol. The molecule has 0 nitrogen and oxygen atoms in total. The Morgan fingerprint density at radius 3 is 2.25 bits per heavy atom. The summed E-state index contributed by atoms with van der Waals surface area (Å²) in [7, 11) is 0. The Kier molecular flexibility index (Phi) is 10.0. The molecule has 0 N–H and O–H groups in total. The number of hydrogen-bond acceptors (Lipinski definition) is 0. The van der Waals surface area contributed by atoms with Crippen LogP contribution in [0.2, 0.25) is 0 Å². The first-order valence-electron chi connectivity index (χ1n) is 5.23. The third-order valence-corrected chi connectivity index (χ3v) is 1.84. The average Bonchev–Trinajstić information content (AvgIpc) is 2.10. The molecule has 0 aliphatic rings. The third-order valence-electron chi connectivity index (χ3n) is 1.84. The van der Waals surface area contributed by atoms with Gasteiger partial charge in [-0.05, 0) is 19.3 Å². The predicted molar refractivity (Wildman–Crippen MR) is 57.3 cm³/mol. The van der Waals surface area contributed by atoms with E-state index >= 15 is 0 Å². The summed E-state index contributed by atoms with van der Waals surface area (Å²) in [6.45, 7) is 4.41. The fraction of sp³-hybridized carbons (Fsp3) is 0.667. The van der Waals surface area contributed by atoms with Crippen molar-refractivity contribution in [3.05, 3.63) is 24.3 Å². The number of unbranched alkanes of at least 4 members (excludes halogenated alkanes) is 4. The van der Waals surface area contributed by atoms with Crippen LogP contribution in [0.1, 0.15) is 52.4 Å². The fourth-order valence-corrected chi connectivity index (χ4v) is 1.08. The van der Waals surface area contributed by atoms with Gasteiger partial charge in [0, 0.05) is 0 Å². The van der Waals surface area contributed by atoms with Gasteiger partial charge in [-0.15, -0.1) is 0 Å². The van der Waals surface area contributed by atoms with Crippen LogP contribution in [0.5, 0.6) is 0 Å². The fourth-order valence-electron chi connectivity index (χ4n) is 1.08. The zero-order valence-electron chi connectivity index (χ0n) is 8.55. The molecule has 0 heteroatoms. The van der Waals surface area contributed by atoms with E-state index in [0.717, 1.165) is 6.42 Å². The molecule has 0 radical (unpaired) electrons. The summed E-state index contributed by atoms with van der Waals surface area (Å²) in [5.74, 6) is 0. The highest BCUT2D eigenvalue weighted by Crippen LogP contribution is 2.02. The highest BCUT2D eigenvalue weighted by Gasteiger charge is 1.82. The molecule has 0 aromatic rings. The van der Waals surface area contributed by atoms with Crippen molar-refractivity contribution >= 4 is 0 Å². The normalized spacial score (nSPS) is 11.8. The molecular formula is C12H22. The van der Waals surface area contributed by atoms with E-state index in [1.165, 1.54) is 32.1 Å². The summed E-state index contributed by atoms with van der Waals surface area (Å²) in [4.78, 5) is 0. The minimum atomic E-state index is 1.14. The van der Waals surface area contributed by atoms with E-state index in [0.29, 0.717) is 0 Å². The standard InChI is InChI=1S/C12H22/c1-3-5-7-9-11-12-10-8-6-4-2/h5,7,9,11H,3-4,6,8,10,12H2,1-2H3. The van der Waals surface area contributed by atoms with Crippen LogP contribution < -0.4 is 0 Å². The Bertz CT molecular complexity index is 120. The van der Waals surface area contributed by atoms with Gasteiger partial charge >= 0.3 is 0 Å². The van der Waals surface area contributed by atoms with Crippen LogP contribution in [-0.2, 0) is 0 Å². The van der Waals surface area contributed by atoms with Crippen LogP contribution in [0.3, 0.4) is 0 Å². The second kappa shape index (κ2) is 10.5. The van der Waals surface area contributed by atoms with Gasteiger partial charge in [-0.1, -0.05) is 57.4 Å². The minimum absolute atomic E-state index is 1.14. The van der Waals surface area contributed by atoms with Crippen LogP contribution in [0.4, 0.5) is 0 Å². The van der Waals surface area contributed by atoms with E-state index in [2.05, 4.69) is 38.2 Å². The molecule has 0 spiro atoms. The van der Waals surface area contributed by atoms with Gasteiger partial charge in [0.1, 0.15) is 0 Å². The van der Waals surface area contributed by atoms with Gasteiger partial charge in [-0.3, -0.25) is 0 Å². The Labute approximate surface area is 77.4 Å².